The fourth-order valence-corrected chi connectivity index (χ4v) is 2.94. The van der Waals surface area contributed by atoms with E-state index in [1.165, 1.54) is 29.3 Å². The van der Waals surface area contributed by atoms with E-state index >= 15 is 0 Å². The normalized spacial score (nSPS) is 13.2. The Bertz CT molecular complexity index is 554. The van der Waals surface area contributed by atoms with Gasteiger partial charge in [-0.2, -0.15) is 0 Å². The second-order valence-corrected chi connectivity index (χ2v) is 6.78. The van der Waals surface area contributed by atoms with Gasteiger partial charge in [0.2, 0.25) is 0 Å². The zero-order chi connectivity index (χ0) is 15.2. The average molecular weight is 286 g/mol. The van der Waals surface area contributed by atoms with Crippen LogP contribution in [0.15, 0.2) is 30.5 Å². The summed E-state index contributed by atoms with van der Waals surface area (Å²) in [5.41, 5.74) is 2.74. The van der Waals surface area contributed by atoms with Gasteiger partial charge in [-0.15, -0.1) is 0 Å². The third-order valence-corrected chi connectivity index (χ3v) is 4.01. The smallest absolute Gasteiger partial charge is 0.0480 e. The molecule has 0 bridgehead atoms. The van der Waals surface area contributed by atoms with Crippen molar-refractivity contribution in [1.82, 2.24) is 9.88 Å². The molecule has 1 aromatic heterocycles. The molecule has 0 amide bonds. The number of hydrogen-bond acceptors (Lipinski definition) is 1. The molecule has 0 aliphatic carbocycles. The molecule has 1 heterocycles. The Hall–Kier alpha value is -1.28. The van der Waals surface area contributed by atoms with Gasteiger partial charge in [-0.05, 0) is 54.0 Å². The van der Waals surface area contributed by atoms with Crippen LogP contribution in [0.4, 0.5) is 0 Å². The van der Waals surface area contributed by atoms with Gasteiger partial charge >= 0.3 is 0 Å². The second-order valence-electron chi connectivity index (χ2n) is 6.78. The highest BCUT2D eigenvalue weighted by Gasteiger charge is 2.06. The van der Waals surface area contributed by atoms with Crippen LogP contribution in [0.3, 0.4) is 0 Å². The molecule has 116 valence electrons. The predicted molar refractivity (Wildman–Crippen MR) is 92.6 cm³/mol. The van der Waals surface area contributed by atoms with Crippen molar-refractivity contribution < 1.29 is 0 Å². The van der Waals surface area contributed by atoms with Gasteiger partial charge in [-0.25, -0.2) is 0 Å². The van der Waals surface area contributed by atoms with E-state index in [-0.39, 0.29) is 0 Å². The SMILES string of the molecule is CCCC(C)Cn1ccc2cc(CNCC(C)C)ccc21. The lowest BCUT2D eigenvalue weighted by molar-refractivity contribution is 0.453. The summed E-state index contributed by atoms with van der Waals surface area (Å²) in [6.45, 7) is 12.3. The number of nitrogens with zero attached hydrogens (tertiary/aromatic N) is 1. The van der Waals surface area contributed by atoms with Gasteiger partial charge in [0.05, 0.1) is 0 Å². The molecule has 2 heteroatoms. The highest BCUT2D eigenvalue weighted by atomic mass is 15.0. The van der Waals surface area contributed by atoms with E-state index in [1.807, 2.05) is 0 Å². The molecule has 0 saturated heterocycles. The van der Waals surface area contributed by atoms with Crippen molar-refractivity contribution >= 4 is 10.9 Å². The van der Waals surface area contributed by atoms with E-state index in [2.05, 4.69) is 68.0 Å². The molecule has 1 unspecified atom stereocenters. The van der Waals surface area contributed by atoms with Crippen LogP contribution in [0.25, 0.3) is 10.9 Å². The summed E-state index contributed by atoms with van der Waals surface area (Å²) in [5.74, 6) is 1.45. The van der Waals surface area contributed by atoms with Gasteiger partial charge in [0.15, 0.2) is 0 Å². The summed E-state index contributed by atoms with van der Waals surface area (Å²) in [6, 6.07) is 9.11. The summed E-state index contributed by atoms with van der Waals surface area (Å²) in [4.78, 5) is 0. The largest absolute Gasteiger partial charge is 0.347 e. The fraction of sp³-hybridized carbons (Fsp3) is 0.579. The number of rotatable bonds is 8. The third kappa shape index (κ3) is 4.60. The second kappa shape index (κ2) is 7.65. The van der Waals surface area contributed by atoms with Crippen LogP contribution in [0.2, 0.25) is 0 Å². The summed E-state index contributed by atoms with van der Waals surface area (Å²) in [6.07, 6.45) is 4.81. The van der Waals surface area contributed by atoms with Gasteiger partial charge in [0, 0.05) is 24.8 Å². The molecule has 1 atom stereocenters. The molecule has 1 N–H and O–H groups in total. The third-order valence-electron chi connectivity index (χ3n) is 4.01. The van der Waals surface area contributed by atoms with Crippen molar-refractivity contribution in [2.24, 2.45) is 11.8 Å². The lowest BCUT2D eigenvalue weighted by Gasteiger charge is -2.13. The van der Waals surface area contributed by atoms with Crippen molar-refractivity contribution in [2.75, 3.05) is 6.54 Å². The van der Waals surface area contributed by atoms with Gasteiger partial charge < -0.3 is 9.88 Å². The molecule has 0 spiro atoms. The molecule has 0 saturated carbocycles. The molecule has 21 heavy (non-hydrogen) atoms. The first-order valence-electron chi connectivity index (χ1n) is 8.38. The maximum Gasteiger partial charge on any atom is 0.0480 e. The monoisotopic (exact) mass is 286 g/mol. The topological polar surface area (TPSA) is 17.0 Å². The quantitative estimate of drug-likeness (QED) is 0.736. The molecular weight excluding hydrogens is 256 g/mol. The Labute approximate surface area is 129 Å². The minimum absolute atomic E-state index is 0.704. The number of benzene rings is 1. The molecule has 0 radical (unpaired) electrons. The van der Waals surface area contributed by atoms with Crippen LogP contribution in [0, 0.1) is 11.8 Å². The number of hydrogen-bond donors (Lipinski definition) is 1. The predicted octanol–water partition coefficient (Wildman–Crippen LogP) is 4.82. The van der Waals surface area contributed by atoms with Crippen molar-refractivity contribution in [1.29, 1.82) is 0 Å². The standard InChI is InChI=1S/C19H30N2/c1-5-6-16(4)14-21-10-9-18-11-17(7-8-19(18)21)13-20-12-15(2)3/h7-11,15-16,20H,5-6,12-14H2,1-4H3. The van der Waals surface area contributed by atoms with E-state index < -0.39 is 0 Å². The van der Waals surface area contributed by atoms with E-state index in [9.17, 15) is 0 Å². The van der Waals surface area contributed by atoms with Crippen molar-refractivity contribution in [3.8, 4) is 0 Å². The number of nitrogens with one attached hydrogen (secondary N) is 1. The maximum atomic E-state index is 3.51. The molecule has 2 aromatic rings. The Balaban J connectivity index is 2.04. The van der Waals surface area contributed by atoms with Gasteiger partial charge in [0.1, 0.15) is 0 Å². The summed E-state index contributed by atoms with van der Waals surface area (Å²) in [7, 11) is 0. The Morgan fingerprint density at radius 1 is 1.14 bits per heavy atom. The first-order chi connectivity index (χ1) is 10.1. The van der Waals surface area contributed by atoms with E-state index in [0.717, 1.165) is 25.6 Å². The first kappa shape index (κ1) is 16.1. The number of fused-ring (bicyclic) bond motifs is 1. The van der Waals surface area contributed by atoms with Gasteiger partial charge in [-0.3, -0.25) is 0 Å². The molecule has 1 aromatic carbocycles. The summed E-state index contributed by atoms with van der Waals surface area (Å²) >= 11 is 0. The Morgan fingerprint density at radius 3 is 2.67 bits per heavy atom. The zero-order valence-electron chi connectivity index (χ0n) is 14.0. The minimum atomic E-state index is 0.704. The lowest BCUT2D eigenvalue weighted by Crippen LogP contribution is -2.18. The molecule has 0 fully saturated rings. The molecule has 0 aliphatic rings. The minimum Gasteiger partial charge on any atom is -0.347 e. The van der Waals surface area contributed by atoms with Gasteiger partial charge in [-0.1, -0.05) is 40.2 Å². The summed E-state index contributed by atoms with van der Waals surface area (Å²) < 4.78 is 2.40. The van der Waals surface area contributed by atoms with Crippen LogP contribution in [-0.2, 0) is 13.1 Å². The van der Waals surface area contributed by atoms with Crippen LogP contribution in [0.5, 0.6) is 0 Å². The van der Waals surface area contributed by atoms with E-state index in [4.69, 9.17) is 0 Å². The van der Waals surface area contributed by atoms with Crippen LogP contribution in [-0.4, -0.2) is 11.1 Å². The Kier molecular flexibility index (Phi) is 5.86. The molecular formula is C19H30N2. The highest BCUT2D eigenvalue weighted by molar-refractivity contribution is 5.80. The number of aromatic nitrogens is 1. The van der Waals surface area contributed by atoms with Crippen molar-refractivity contribution in [3.05, 3.63) is 36.0 Å². The summed E-state index contributed by atoms with van der Waals surface area (Å²) in [5, 5.41) is 4.88. The molecule has 2 rings (SSSR count). The molecule has 2 nitrogen and oxygen atoms in total. The van der Waals surface area contributed by atoms with Crippen molar-refractivity contribution in [3.63, 3.8) is 0 Å². The van der Waals surface area contributed by atoms with Crippen LogP contribution in [0.1, 0.15) is 46.1 Å². The highest BCUT2D eigenvalue weighted by Crippen LogP contribution is 2.20. The van der Waals surface area contributed by atoms with Crippen LogP contribution >= 0.6 is 0 Å². The lowest BCUT2D eigenvalue weighted by atomic mass is 10.1. The maximum absolute atomic E-state index is 3.51. The van der Waals surface area contributed by atoms with E-state index in [0.29, 0.717) is 5.92 Å². The Morgan fingerprint density at radius 2 is 1.95 bits per heavy atom. The average Bonchev–Trinajstić information content (AvgIpc) is 2.81. The van der Waals surface area contributed by atoms with Crippen molar-refractivity contribution in [2.45, 2.75) is 53.6 Å². The fourth-order valence-electron chi connectivity index (χ4n) is 2.94. The van der Waals surface area contributed by atoms with E-state index in [1.54, 1.807) is 0 Å². The van der Waals surface area contributed by atoms with Gasteiger partial charge in [0.25, 0.3) is 0 Å². The zero-order valence-corrected chi connectivity index (χ0v) is 14.0. The first-order valence-corrected chi connectivity index (χ1v) is 8.38. The van der Waals surface area contributed by atoms with Crippen LogP contribution < -0.4 is 5.32 Å². The molecule has 0 aliphatic heterocycles.